The number of nitrogens with one attached hydrogen (secondary N) is 1. The van der Waals surface area contributed by atoms with Gasteiger partial charge in [0.1, 0.15) is 0 Å². The van der Waals surface area contributed by atoms with Crippen LogP contribution in [0.25, 0.3) is 0 Å². The van der Waals surface area contributed by atoms with Gasteiger partial charge in [-0.1, -0.05) is 27.7 Å². The highest BCUT2D eigenvalue weighted by molar-refractivity contribution is 4.84. The van der Waals surface area contributed by atoms with Gasteiger partial charge < -0.3 is 10.2 Å². The van der Waals surface area contributed by atoms with Crippen LogP contribution in [0.1, 0.15) is 59.8 Å². The summed E-state index contributed by atoms with van der Waals surface area (Å²) in [6, 6.07) is 0. The molecule has 0 spiro atoms. The highest BCUT2D eigenvalue weighted by Crippen LogP contribution is 2.29. The average molecular weight is 254 g/mol. The van der Waals surface area contributed by atoms with Crippen molar-refractivity contribution in [1.29, 1.82) is 0 Å². The van der Waals surface area contributed by atoms with Crippen LogP contribution in [0, 0.1) is 11.3 Å². The molecule has 1 atom stereocenters. The molecule has 0 aromatic carbocycles. The van der Waals surface area contributed by atoms with Crippen LogP contribution in [0.5, 0.6) is 0 Å². The number of hydrogen-bond donors (Lipinski definition) is 1. The van der Waals surface area contributed by atoms with E-state index in [1.54, 1.807) is 0 Å². The van der Waals surface area contributed by atoms with Crippen molar-refractivity contribution in [3.63, 3.8) is 0 Å². The highest BCUT2D eigenvalue weighted by atomic mass is 15.1. The Morgan fingerprint density at radius 3 is 2.50 bits per heavy atom. The highest BCUT2D eigenvalue weighted by Gasteiger charge is 2.29. The summed E-state index contributed by atoms with van der Waals surface area (Å²) in [7, 11) is 0. The molecule has 1 saturated heterocycles. The third-order valence-corrected chi connectivity index (χ3v) is 4.73. The summed E-state index contributed by atoms with van der Waals surface area (Å²) < 4.78 is 0. The lowest BCUT2D eigenvalue weighted by molar-refractivity contribution is 0.0981. The first-order chi connectivity index (χ1) is 8.65. The predicted octanol–water partition coefficient (Wildman–Crippen LogP) is 3.52. The van der Waals surface area contributed by atoms with Crippen LogP contribution < -0.4 is 5.32 Å². The summed E-state index contributed by atoms with van der Waals surface area (Å²) in [5, 5.41) is 3.65. The summed E-state index contributed by atoms with van der Waals surface area (Å²) in [5.74, 6) is 0.897. The number of hydrogen-bond acceptors (Lipinski definition) is 2. The molecular formula is C16H34N2. The summed E-state index contributed by atoms with van der Waals surface area (Å²) >= 11 is 0. The van der Waals surface area contributed by atoms with Crippen LogP contribution in [0.2, 0.25) is 0 Å². The second-order valence-electron chi connectivity index (χ2n) is 6.37. The maximum absolute atomic E-state index is 3.65. The fourth-order valence-corrected chi connectivity index (χ4v) is 3.21. The van der Waals surface area contributed by atoms with E-state index in [1.165, 1.54) is 58.3 Å². The Balaban J connectivity index is 2.49. The SMILES string of the molecule is CCCNCC(CC)(CC)CN1CCCC(C)C1. The Kier molecular flexibility index (Phi) is 7.25. The van der Waals surface area contributed by atoms with Crippen LogP contribution in [-0.2, 0) is 0 Å². The average Bonchev–Trinajstić information content (AvgIpc) is 2.38. The van der Waals surface area contributed by atoms with Crippen LogP contribution in [0.15, 0.2) is 0 Å². The largest absolute Gasteiger partial charge is 0.316 e. The van der Waals surface area contributed by atoms with E-state index in [0.717, 1.165) is 12.5 Å². The van der Waals surface area contributed by atoms with Gasteiger partial charge in [-0.3, -0.25) is 0 Å². The van der Waals surface area contributed by atoms with Crippen LogP contribution in [0.3, 0.4) is 0 Å². The summed E-state index contributed by atoms with van der Waals surface area (Å²) in [4.78, 5) is 2.72. The van der Waals surface area contributed by atoms with Gasteiger partial charge in [0.15, 0.2) is 0 Å². The minimum absolute atomic E-state index is 0.492. The molecular weight excluding hydrogens is 220 g/mol. The first-order valence-electron chi connectivity index (χ1n) is 8.09. The molecule has 2 nitrogen and oxygen atoms in total. The number of piperidine rings is 1. The van der Waals surface area contributed by atoms with Crippen LogP contribution in [0.4, 0.5) is 0 Å². The molecule has 0 aliphatic carbocycles. The molecule has 18 heavy (non-hydrogen) atoms. The van der Waals surface area contributed by atoms with Crippen molar-refractivity contribution in [2.24, 2.45) is 11.3 Å². The maximum Gasteiger partial charge on any atom is 0.00500 e. The molecule has 0 aromatic rings. The summed E-state index contributed by atoms with van der Waals surface area (Å²) in [6.07, 6.45) is 6.66. The molecule has 1 aliphatic heterocycles. The topological polar surface area (TPSA) is 15.3 Å². The first kappa shape index (κ1) is 16.0. The van der Waals surface area contributed by atoms with Gasteiger partial charge in [0.05, 0.1) is 0 Å². The van der Waals surface area contributed by atoms with Gasteiger partial charge in [0.2, 0.25) is 0 Å². The molecule has 108 valence electrons. The Hall–Kier alpha value is -0.0800. The fourth-order valence-electron chi connectivity index (χ4n) is 3.21. The number of likely N-dealkylation sites (tertiary alicyclic amines) is 1. The van der Waals surface area contributed by atoms with Gasteiger partial charge in [-0.05, 0) is 56.5 Å². The van der Waals surface area contributed by atoms with E-state index < -0.39 is 0 Å². The molecule has 1 N–H and O–H groups in total. The second kappa shape index (κ2) is 8.16. The van der Waals surface area contributed by atoms with E-state index in [-0.39, 0.29) is 0 Å². The number of nitrogens with zero attached hydrogens (tertiary/aromatic N) is 1. The van der Waals surface area contributed by atoms with E-state index in [0.29, 0.717) is 5.41 Å². The predicted molar refractivity (Wildman–Crippen MR) is 81.0 cm³/mol. The zero-order valence-electron chi connectivity index (χ0n) is 13.1. The molecule has 1 aliphatic rings. The van der Waals surface area contributed by atoms with Gasteiger partial charge in [-0.15, -0.1) is 0 Å². The van der Waals surface area contributed by atoms with E-state index >= 15 is 0 Å². The third-order valence-electron chi connectivity index (χ3n) is 4.73. The minimum Gasteiger partial charge on any atom is -0.316 e. The Bertz CT molecular complexity index is 211. The van der Waals surface area contributed by atoms with Crippen molar-refractivity contribution in [1.82, 2.24) is 10.2 Å². The first-order valence-corrected chi connectivity index (χ1v) is 8.09. The van der Waals surface area contributed by atoms with E-state index in [1.807, 2.05) is 0 Å². The summed E-state index contributed by atoms with van der Waals surface area (Å²) in [5.41, 5.74) is 0.492. The molecule has 2 heteroatoms. The van der Waals surface area contributed by atoms with Crippen LogP contribution >= 0.6 is 0 Å². The minimum atomic E-state index is 0.492. The smallest absolute Gasteiger partial charge is 0.00500 e. The van der Waals surface area contributed by atoms with Crippen molar-refractivity contribution in [3.05, 3.63) is 0 Å². The molecule has 1 fully saturated rings. The van der Waals surface area contributed by atoms with Gasteiger partial charge in [-0.2, -0.15) is 0 Å². The third kappa shape index (κ3) is 4.89. The molecule has 0 saturated carbocycles. The Morgan fingerprint density at radius 1 is 1.22 bits per heavy atom. The van der Waals surface area contributed by atoms with E-state index in [9.17, 15) is 0 Å². The zero-order chi connectivity index (χ0) is 13.4. The second-order valence-corrected chi connectivity index (χ2v) is 6.37. The Labute approximate surface area is 115 Å². The standard InChI is InChI=1S/C16H34N2/c1-5-10-17-13-16(6-2,7-3)14-18-11-8-9-15(4)12-18/h15,17H,5-14H2,1-4H3. The lowest BCUT2D eigenvalue weighted by Crippen LogP contribution is -2.46. The number of rotatable bonds is 8. The van der Waals surface area contributed by atoms with Gasteiger partial charge >= 0.3 is 0 Å². The van der Waals surface area contributed by atoms with Gasteiger partial charge in [-0.25, -0.2) is 0 Å². The Morgan fingerprint density at radius 2 is 1.94 bits per heavy atom. The molecule has 1 rings (SSSR count). The maximum atomic E-state index is 3.65. The molecule has 0 radical (unpaired) electrons. The van der Waals surface area contributed by atoms with Crippen molar-refractivity contribution in [2.75, 3.05) is 32.7 Å². The van der Waals surface area contributed by atoms with Crippen molar-refractivity contribution >= 4 is 0 Å². The fraction of sp³-hybridized carbons (Fsp3) is 1.00. The van der Waals surface area contributed by atoms with E-state index in [4.69, 9.17) is 0 Å². The van der Waals surface area contributed by atoms with Crippen molar-refractivity contribution in [2.45, 2.75) is 59.8 Å². The molecule has 1 unspecified atom stereocenters. The molecule has 0 aromatic heterocycles. The van der Waals surface area contributed by atoms with Crippen molar-refractivity contribution in [3.8, 4) is 0 Å². The lowest BCUT2D eigenvalue weighted by atomic mass is 9.81. The van der Waals surface area contributed by atoms with Crippen molar-refractivity contribution < 1.29 is 0 Å². The summed E-state index contributed by atoms with van der Waals surface area (Å²) in [6.45, 7) is 15.7. The van der Waals surface area contributed by atoms with E-state index in [2.05, 4.69) is 37.9 Å². The quantitative estimate of drug-likeness (QED) is 0.667. The van der Waals surface area contributed by atoms with Gasteiger partial charge in [0, 0.05) is 19.6 Å². The lowest BCUT2D eigenvalue weighted by Gasteiger charge is -2.40. The molecule has 1 heterocycles. The normalized spacial score (nSPS) is 22.3. The molecule has 0 amide bonds. The zero-order valence-corrected chi connectivity index (χ0v) is 13.1. The monoisotopic (exact) mass is 254 g/mol. The van der Waals surface area contributed by atoms with Gasteiger partial charge in [0.25, 0.3) is 0 Å². The molecule has 0 bridgehead atoms. The van der Waals surface area contributed by atoms with Crippen LogP contribution in [-0.4, -0.2) is 37.6 Å².